The Morgan fingerprint density at radius 1 is 1.53 bits per heavy atom. The number of rotatable bonds is 4. The fourth-order valence-electron chi connectivity index (χ4n) is 1.10. The molecule has 5 heteroatoms. The first kappa shape index (κ1) is 11.7. The fraction of sp³-hybridized carbons (Fsp3) is 0.300. The van der Waals surface area contributed by atoms with Gasteiger partial charge in [0.15, 0.2) is 5.78 Å². The first-order valence-corrected chi connectivity index (χ1v) is 4.22. The molecule has 1 aromatic carbocycles. The lowest BCUT2D eigenvalue weighted by molar-refractivity contribution is 0.0472. The van der Waals surface area contributed by atoms with Crippen LogP contribution >= 0.6 is 0 Å². The van der Waals surface area contributed by atoms with E-state index in [0.717, 1.165) is 12.1 Å². The summed E-state index contributed by atoms with van der Waals surface area (Å²) in [6.07, 6.45) is -1.44. The molecule has 0 amide bonds. The van der Waals surface area contributed by atoms with E-state index in [9.17, 15) is 18.7 Å². The number of ketones is 1. The number of aliphatic hydroxyl groups is 1. The summed E-state index contributed by atoms with van der Waals surface area (Å²) in [7, 11) is 1.30. The van der Waals surface area contributed by atoms with E-state index in [1.165, 1.54) is 7.11 Å². The zero-order chi connectivity index (χ0) is 11.4. The highest BCUT2D eigenvalue weighted by Gasteiger charge is 2.20. The SMILES string of the molecule is COC[C@@H](O)C(=O)c1ccc(F)cc1F. The summed E-state index contributed by atoms with van der Waals surface area (Å²) < 4.78 is 30.2. The molecule has 0 spiro atoms. The van der Waals surface area contributed by atoms with E-state index in [-0.39, 0.29) is 12.2 Å². The molecular weight excluding hydrogens is 206 g/mol. The van der Waals surface area contributed by atoms with Crippen molar-refractivity contribution < 1.29 is 23.4 Å². The van der Waals surface area contributed by atoms with Gasteiger partial charge in [0.2, 0.25) is 0 Å². The minimum absolute atomic E-state index is 0.227. The Morgan fingerprint density at radius 3 is 2.73 bits per heavy atom. The minimum atomic E-state index is -1.44. The van der Waals surface area contributed by atoms with E-state index in [0.29, 0.717) is 6.07 Å². The summed E-state index contributed by atoms with van der Waals surface area (Å²) in [5.41, 5.74) is -0.346. The molecule has 0 saturated carbocycles. The normalized spacial score (nSPS) is 12.5. The molecule has 0 aliphatic rings. The molecule has 1 aromatic rings. The summed E-state index contributed by atoms with van der Waals surface area (Å²) in [4.78, 5) is 11.4. The number of carbonyl (C=O) groups excluding carboxylic acids is 1. The van der Waals surface area contributed by atoms with Gasteiger partial charge in [0.25, 0.3) is 0 Å². The number of halogens is 2. The number of hydrogen-bond donors (Lipinski definition) is 1. The van der Waals surface area contributed by atoms with Crippen molar-refractivity contribution in [3.8, 4) is 0 Å². The second-order valence-corrected chi connectivity index (χ2v) is 2.96. The zero-order valence-corrected chi connectivity index (χ0v) is 8.04. The van der Waals surface area contributed by atoms with Gasteiger partial charge in [0.1, 0.15) is 17.7 Å². The predicted molar refractivity (Wildman–Crippen MR) is 48.6 cm³/mol. The maximum absolute atomic E-state index is 13.1. The van der Waals surface area contributed by atoms with Crippen LogP contribution in [0.1, 0.15) is 10.4 Å². The predicted octanol–water partition coefficient (Wildman–Crippen LogP) is 1.15. The third-order valence-electron chi connectivity index (χ3n) is 1.82. The summed E-state index contributed by atoms with van der Waals surface area (Å²) in [5.74, 6) is -2.59. The van der Waals surface area contributed by atoms with Crippen molar-refractivity contribution >= 4 is 5.78 Å². The largest absolute Gasteiger partial charge is 0.382 e. The number of ether oxygens (including phenoxy) is 1. The second kappa shape index (κ2) is 4.95. The van der Waals surface area contributed by atoms with Crippen molar-refractivity contribution in [2.24, 2.45) is 0 Å². The topological polar surface area (TPSA) is 46.5 Å². The van der Waals surface area contributed by atoms with E-state index >= 15 is 0 Å². The van der Waals surface area contributed by atoms with Crippen molar-refractivity contribution in [2.75, 3.05) is 13.7 Å². The number of carbonyl (C=O) groups is 1. The summed E-state index contributed by atoms with van der Waals surface area (Å²) in [5, 5.41) is 9.23. The summed E-state index contributed by atoms with van der Waals surface area (Å²) in [6, 6.07) is 2.54. The molecule has 0 aliphatic heterocycles. The first-order chi connectivity index (χ1) is 7.06. The molecule has 1 atom stereocenters. The third-order valence-corrected chi connectivity index (χ3v) is 1.82. The molecule has 0 aliphatic carbocycles. The van der Waals surface area contributed by atoms with Crippen LogP contribution in [0.25, 0.3) is 0 Å². The average Bonchev–Trinajstić information content (AvgIpc) is 2.17. The van der Waals surface area contributed by atoms with Gasteiger partial charge in [-0.2, -0.15) is 0 Å². The smallest absolute Gasteiger partial charge is 0.196 e. The Labute approximate surface area is 85.3 Å². The van der Waals surface area contributed by atoms with Gasteiger partial charge in [-0.3, -0.25) is 4.79 Å². The Morgan fingerprint density at radius 2 is 2.20 bits per heavy atom. The number of hydrogen-bond acceptors (Lipinski definition) is 3. The lowest BCUT2D eigenvalue weighted by atomic mass is 10.1. The van der Waals surface area contributed by atoms with Gasteiger partial charge in [0.05, 0.1) is 12.2 Å². The van der Waals surface area contributed by atoms with Crippen LogP contribution in [0.5, 0.6) is 0 Å². The molecular formula is C10H10F2O3. The lowest BCUT2D eigenvalue weighted by Gasteiger charge is -2.08. The van der Waals surface area contributed by atoms with Crippen molar-refractivity contribution in [3.05, 3.63) is 35.4 Å². The van der Waals surface area contributed by atoms with Gasteiger partial charge in [-0.05, 0) is 12.1 Å². The van der Waals surface area contributed by atoms with Gasteiger partial charge < -0.3 is 9.84 Å². The van der Waals surface area contributed by atoms with Crippen LogP contribution in [-0.4, -0.2) is 30.7 Å². The molecule has 0 fully saturated rings. The summed E-state index contributed by atoms with van der Waals surface area (Å²) in [6.45, 7) is -0.227. The van der Waals surface area contributed by atoms with Crippen LogP contribution in [-0.2, 0) is 4.74 Å². The van der Waals surface area contributed by atoms with Crippen LogP contribution in [0.3, 0.4) is 0 Å². The molecule has 3 nitrogen and oxygen atoms in total. The molecule has 0 radical (unpaired) electrons. The molecule has 0 heterocycles. The maximum Gasteiger partial charge on any atom is 0.196 e. The van der Waals surface area contributed by atoms with Gasteiger partial charge >= 0.3 is 0 Å². The lowest BCUT2D eigenvalue weighted by Crippen LogP contribution is -2.26. The molecule has 0 bridgehead atoms. The quantitative estimate of drug-likeness (QED) is 0.768. The van der Waals surface area contributed by atoms with Crippen LogP contribution in [0.4, 0.5) is 8.78 Å². The third kappa shape index (κ3) is 2.81. The molecule has 82 valence electrons. The van der Waals surface area contributed by atoms with E-state index in [1.54, 1.807) is 0 Å². The average molecular weight is 216 g/mol. The Kier molecular flexibility index (Phi) is 3.88. The van der Waals surface area contributed by atoms with Gasteiger partial charge in [0, 0.05) is 13.2 Å². The van der Waals surface area contributed by atoms with Crippen LogP contribution in [0.15, 0.2) is 18.2 Å². The molecule has 1 rings (SSSR count). The van der Waals surface area contributed by atoms with Crippen molar-refractivity contribution in [1.29, 1.82) is 0 Å². The number of methoxy groups -OCH3 is 1. The van der Waals surface area contributed by atoms with Crippen LogP contribution in [0, 0.1) is 11.6 Å². The number of Topliss-reactive ketones (excluding diaryl/α,β-unsaturated/α-hetero) is 1. The molecule has 0 aromatic heterocycles. The first-order valence-electron chi connectivity index (χ1n) is 4.22. The highest BCUT2D eigenvalue weighted by Crippen LogP contribution is 2.12. The van der Waals surface area contributed by atoms with Crippen molar-refractivity contribution in [2.45, 2.75) is 6.10 Å². The van der Waals surface area contributed by atoms with Crippen molar-refractivity contribution in [1.82, 2.24) is 0 Å². The van der Waals surface area contributed by atoms with Crippen LogP contribution in [0.2, 0.25) is 0 Å². The molecule has 15 heavy (non-hydrogen) atoms. The molecule has 1 N–H and O–H groups in total. The summed E-state index contributed by atoms with van der Waals surface area (Å²) >= 11 is 0. The Bertz CT molecular complexity index is 366. The van der Waals surface area contributed by atoms with E-state index in [1.807, 2.05) is 0 Å². The van der Waals surface area contributed by atoms with Gasteiger partial charge in [-0.15, -0.1) is 0 Å². The zero-order valence-electron chi connectivity index (χ0n) is 8.04. The molecule has 0 unspecified atom stereocenters. The van der Waals surface area contributed by atoms with Gasteiger partial charge in [-0.1, -0.05) is 0 Å². The highest BCUT2D eigenvalue weighted by molar-refractivity contribution is 5.99. The standard InChI is InChI=1S/C10H10F2O3/c1-15-5-9(13)10(14)7-3-2-6(11)4-8(7)12/h2-4,9,13H,5H2,1H3/t9-/m1/s1. The van der Waals surface area contributed by atoms with Crippen LogP contribution < -0.4 is 0 Å². The second-order valence-electron chi connectivity index (χ2n) is 2.96. The molecule has 0 saturated heterocycles. The van der Waals surface area contributed by atoms with Crippen molar-refractivity contribution in [3.63, 3.8) is 0 Å². The monoisotopic (exact) mass is 216 g/mol. The minimum Gasteiger partial charge on any atom is -0.382 e. The fourth-order valence-corrected chi connectivity index (χ4v) is 1.10. The number of benzene rings is 1. The van der Waals surface area contributed by atoms with E-state index in [4.69, 9.17) is 0 Å². The highest BCUT2D eigenvalue weighted by atomic mass is 19.1. The Hall–Kier alpha value is -1.33. The van der Waals surface area contributed by atoms with E-state index < -0.39 is 23.5 Å². The maximum atomic E-state index is 13.1. The Balaban J connectivity index is 2.91. The van der Waals surface area contributed by atoms with Gasteiger partial charge in [-0.25, -0.2) is 8.78 Å². The number of aliphatic hydroxyl groups excluding tert-OH is 1. The van der Waals surface area contributed by atoms with E-state index in [2.05, 4.69) is 4.74 Å².